The lowest BCUT2D eigenvalue weighted by Gasteiger charge is -2.10. The van der Waals surface area contributed by atoms with Crippen molar-refractivity contribution in [3.8, 4) is 5.69 Å². The fourth-order valence-corrected chi connectivity index (χ4v) is 2.44. The third-order valence-corrected chi connectivity index (χ3v) is 3.43. The molecule has 0 radical (unpaired) electrons. The predicted octanol–water partition coefficient (Wildman–Crippen LogP) is 3.68. The first-order valence-electron chi connectivity index (χ1n) is 7.53. The number of aryl methyl sites for hydroxylation is 1. The summed E-state index contributed by atoms with van der Waals surface area (Å²) < 4.78 is 12.7. The summed E-state index contributed by atoms with van der Waals surface area (Å²) in [6.07, 6.45) is 0.141. The topological polar surface area (TPSA) is 40.5 Å². The van der Waals surface area contributed by atoms with Gasteiger partial charge in [-0.3, -0.25) is 0 Å². The average Bonchev–Trinajstić information content (AvgIpc) is 2.79. The lowest BCUT2D eigenvalue weighted by molar-refractivity contribution is 0.0176. The maximum absolute atomic E-state index is 12.2. The third kappa shape index (κ3) is 3.77. The fourth-order valence-electron chi connectivity index (χ4n) is 2.44. The number of aromatic nitrogens is 1. The van der Waals surface area contributed by atoms with E-state index in [0.717, 1.165) is 17.1 Å². The van der Waals surface area contributed by atoms with E-state index in [9.17, 15) is 4.79 Å². The molecule has 4 heteroatoms. The molecule has 0 aliphatic rings. The van der Waals surface area contributed by atoms with Crippen LogP contribution in [-0.4, -0.2) is 29.9 Å². The molecule has 2 rings (SSSR count). The molecule has 0 amide bonds. The summed E-state index contributed by atoms with van der Waals surface area (Å²) in [4.78, 5) is 12.2. The van der Waals surface area contributed by atoms with Gasteiger partial charge in [-0.1, -0.05) is 18.2 Å². The molecule has 1 aromatic carbocycles. The van der Waals surface area contributed by atoms with E-state index < -0.39 is 0 Å². The minimum atomic E-state index is -0.303. The number of ether oxygens (including phenoxy) is 2. The van der Waals surface area contributed by atoms with E-state index in [2.05, 4.69) is 4.57 Å². The van der Waals surface area contributed by atoms with Crippen LogP contribution in [0.15, 0.2) is 36.4 Å². The van der Waals surface area contributed by atoms with E-state index in [1.165, 1.54) is 0 Å². The van der Waals surface area contributed by atoms with Crippen LogP contribution in [0.3, 0.4) is 0 Å². The SMILES string of the molecule is Cc1cc(C(=O)OCCOC(C)C)c(C)n1-c1ccccc1. The Morgan fingerprint density at radius 2 is 1.82 bits per heavy atom. The molecule has 0 unspecified atom stereocenters. The van der Waals surface area contributed by atoms with Gasteiger partial charge in [-0.15, -0.1) is 0 Å². The summed E-state index contributed by atoms with van der Waals surface area (Å²) >= 11 is 0. The minimum absolute atomic E-state index is 0.141. The van der Waals surface area contributed by atoms with Gasteiger partial charge in [0.2, 0.25) is 0 Å². The Hall–Kier alpha value is -2.07. The molecule has 0 spiro atoms. The first-order valence-corrected chi connectivity index (χ1v) is 7.53. The lowest BCUT2D eigenvalue weighted by atomic mass is 10.2. The summed E-state index contributed by atoms with van der Waals surface area (Å²) in [7, 11) is 0. The van der Waals surface area contributed by atoms with Crippen molar-refractivity contribution < 1.29 is 14.3 Å². The van der Waals surface area contributed by atoms with Gasteiger partial charge < -0.3 is 14.0 Å². The molecule has 0 aliphatic carbocycles. The minimum Gasteiger partial charge on any atom is -0.460 e. The molecule has 2 aromatic rings. The number of para-hydroxylation sites is 1. The molecule has 0 fully saturated rings. The molecule has 4 nitrogen and oxygen atoms in total. The number of rotatable bonds is 6. The number of hydrogen-bond acceptors (Lipinski definition) is 3. The van der Waals surface area contributed by atoms with Crippen LogP contribution < -0.4 is 0 Å². The number of esters is 1. The highest BCUT2D eigenvalue weighted by Crippen LogP contribution is 2.21. The second kappa shape index (κ2) is 7.27. The van der Waals surface area contributed by atoms with Gasteiger partial charge in [0.15, 0.2) is 0 Å². The van der Waals surface area contributed by atoms with Crippen LogP contribution in [0, 0.1) is 13.8 Å². The Morgan fingerprint density at radius 1 is 1.14 bits per heavy atom. The van der Waals surface area contributed by atoms with Crippen molar-refractivity contribution >= 4 is 5.97 Å². The highest BCUT2D eigenvalue weighted by molar-refractivity contribution is 5.91. The van der Waals surface area contributed by atoms with E-state index in [4.69, 9.17) is 9.47 Å². The Morgan fingerprint density at radius 3 is 2.45 bits per heavy atom. The van der Waals surface area contributed by atoms with Gasteiger partial charge in [-0.25, -0.2) is 4.79 Å². The predicted molar refractivity (Wildman–Crippen MR) is 86.6 cm³/mol. The fraction of sp³-hybridized carbons (Fsp3) is 0.389. The zero-order valence-corrected chi connectivity index (χ0v) is 13.6. The van der Waals surface area contributed by atoms with E-state index in [0.29, 0.717) is 12.2 Å². The molecular weight excluding hydrogens is 278 g/mol. The zero-order valence-electron chi connectivity index (χ0n) is 13.6. The number of carbonyl (C=O) groups is 1. The van der Waals surface area contributed by atoms with Gasteiger partial charge in [0.1, 0.15) is 6.61 Å². The molecule has 0 aliphatic heterocycles. The normalized spacial score (nSPS) is 11.0. The highest BCUT2D eigenvalue weighted by atomic mass is 16.6. The average molecular weight is 301 g/mol. The van der Waals surface area contributed by atoms with Gasteiger partial charge in [0.25, 0.3) is 0 Å². The summed E-state index contributed by atoms with van der Waals surface area (Å²) in [6.45, 7) is 8.51. The van der Waals surface area contributed by atoms with Crippen molar-refractivity contribution in [1.29, 1.82) is 0 Å². The molecule has 1 heterocycles. The van der Waals surface area contributed by atoms with Crippen LogP contribution in [0.1, 0.15) is 35.6 Å². The van der Waals surface area contributed by atoms with Crippen LogP contribution in [0.25, 0.3) is 5.69 Å². The summed E-state index contributed by atoms with van der Waals surface area (Å²) in [5, 5.41) is 0. The van der Waals surface area contributed by atoms with Crippen molar-refractivity contribution in [2.24, 2.45) is 0 Å². The smallest absolute Gasteiger partial charge is 0.340 e. The van der Waals surface area contributed by atoms with E-state index >= 15 is 0 Å². The molecule has 0 N–H and O–H groups in total. The van der Waals surface area contributed by atoms with Gasteiger partial charge in [0.05, 0.1) is 18.3 Å². The van der Waals surface area contributed by atoms with Crippen molar-refractivity contribution in [1.82, 2.24) is 4.57 Å². The van der Waals surface area contributed by atoms with Crippen molar-refractivity contribution in [3.63, 3.8) is 0 Å². The van der Waals surface area contributed by atoms with Crippen molar-refractivity contribution in [3.05, 3.63) is 53.3 Å². The Labute approximate surface area is 131 Å². The second-order valence-electron chi connectivity index (χ2n) is 5.51. The molecule has 22 heavy (non-hydrogen) atoms. The molecule has 0 saturated carbocycles. The molecular formula is C18H23NO3. The number of carbonyl (C=O) groups excluding carboxylic acids is 1. The maximum atomic E-state index is 12.2. The molecule has 0 atom stereocenters. The zero-order chi connectivity index (χ0) is 16.1. The first-order chi connectivity index (χ1) is 10.5. The van der Waals surface area contributed by atoms with Crippen molar-refractivity contribution in [2.45, 2.75) is 33.8 Å². The van der Waals surface area contributed by atoms with Gasteiger partial charge in [-0.2, -0.15) is 0 Å². The van der Waals surface area contributed by atoms with Gasteiger partial charge >= 0.3 is 5.97 Å². The van der Waals surface area contributed by atoms with E-state index in [1.807, 2.05) is 64.1 Å². The van der Waals surface area contributed by atoms with Crippen LogP contribution in [0.2, 0.25) is 0 Å². The van der Waals surface area contributed by atoms with Crippen LogP contribution in [0.5, 0.6) is 0 Å². The second-order valence-corrected chi connectivity index (χ2v) is 5.51. The van der Waals surface area contributed by atoms with Crippen LogP contribution in [-0.2, 0) is 9.47 Å². The maximum Gasteiger partial charge on any atom is 0.340 e. The quantitative estimate of drug-likeness (QED) is 0.603. The summed E-state index contributed by atoms with van der Waals surface area (Å²) in [5.74, 6) is -0.303. The number of nitrogens with zero attached hydrogens (tertiary/aromatic N) is 1. The Balaban J connectivity index is 2.11. The Kier molecular flexibility index (Phi) is 5.39. The molecule has 118 valence electrons. The molecule has 1 aromatic heterocycles. The number of hydrogen-bond donors (Lipinski definition) is 0. The Bertz CT molecular complexity index is 629. The van der Waals surface area contributed by atoms with E-state index in [1.54, 1.807) is 0 Å². The molecule has 0 bridgehead atoms. The third-order valence-electron chi connectivity index (χ3n) is 3.43. The molecule has 0 saturated heterocycles. The van der Waals surface area contributed by atoms with Gasteiger partial charge in [-0.05, 0) is 45.9 Å². The first kappa shape index (κ1) is 16.3. The van der Waals surface area contributed by atoms with Crippen LogP contribution in [0.4, 0.5) is 0 Å². The lowest BCUT2D eigenvalue weighted by Crippen LogP contribution is -2.14. The summed E-state index contributed by atoms with van der Waals surface area (Å²) in [6, 6.07) is 11.8. The van der Waals surface area contributed by atoms with E-state index in [-0.39, 0.29) is 18.7 Å². The largest absolute Gasteiger partial charge is 0.460 e. The monoisotopic (exact) mass is 301 g/mol. The summed E-state index contributed by atoms with van der Waals surface area (Å²) in [5.41, 5.74) is 3.54. The standard InChI is InChI=1S/C18H23NO3/c1-13(2)21-10-11-22-18(20)17-12-14(3)19(15(17)4)16-8-6-5-7-9-16/h5-9,12-13H,10-11H2,1-4H3. The van der Waals surface area contributed by atoms with Crippen LogP contribution >= 0.6 is 0 Å². The van der Waals surface area contributed by atoms with Gasteiger partial charge in [0, 0.05) is 17.1 Å². The van der Waals surface area contributed by atoms with Crippen molar-refractivity contribution in [2.75, 3.05) is 13.2 Å². The number of benzene rings is 1. The highest BCUT2D eigenvalue weighted by Gasteiger charge is 2.17.